The summed E-state index contributed by atoms with van der Waals surface area (Å²) in [5, 5.41) is 0. The standard InChI is InChI=1S/C26H19O/c1-4-12-20(13-5-1)25-23-18-10-11-19-24(23)26(27-25,21-14-6-2-7-15-21)22-16-8-3-9-17-22/h1-19H/q+1. The molecule has 1 heteroatoms. The van der Waals surface area contributed by atoms with Crippen molar-refractivity contribution in [2.75, 3.05) is 0 Å². The molecule has 0 saturated heterocycles. The van der Waals surface area contributed by atoms with Crippen LogP contribution in [-0.4, -0.2) is 5.78 Å². The van der Waals surface area contributed by atoms with Crippen LogP contribution in [0.3, 0.4) is 0 Å². The van der Waals surface area contributed by atoms with Gasteiger partial charge >= 0.3 is 11.4 Å². The molecule has 0 aromatic heterocycles. The average Bonchev–Trinajstić information content (AvgIpc) is 3.12. The van der Waals surface area contributed by atoms with E-state index in [4.69, 9.17) is 4.42 Å². The first-order chi connectivity index (χ1) is 13.4. The molecule has 128 valence electrons. The number of rotatable bonds is 3. The van der Waals surface area contributed by atoms with Crippen molar-refractivity contribution in [3.8, 4) is 0 Å². The lowest BCUT2D eigenvalue weighted by molar-refractivity contribution is -0.356. The predicted molar refractivity (Wildman–Crippen MR) is 109 cm³/mol. The van der Waals surface area contributed by atoms with Crippen molar-refractivity contribution in [1.82, 2.24) is 0 Å². The van der Waals surface area contributed by atoms with E-state index < -0.39 is 5.60 Å². The van der Waals surface area contributed by atoms with E-state index in [0.717, 1.165) is 28.0 Å². The van der Waals surface area contributed by atoms with E-state index in [0.29, 0.717) is 0 Å². The highest BCUT2D eigenvalue weighted by molar-refractivity contribution is 6.12. The van der Waals surface area contributed by atoms with Gasteiger partial charge < -0.3 is 0 Å². The van der Waals surface area contributed by atoms with Crippen molar-refractivity contribution < 1.29 is 4.42 Å². The fraction of sp³-hybridized carbons (Fsp3) is 0.0385. The Morgan fingerprint density at radius 2 is 0.963 bits per heavy atom. The molecule has 4 aromatic rings. The molecule has 0 fully saturated rings. The molecule has 5 rings (SSSR count). The third-order valence-electron chi connectivity index (χ3n) is 5.20. The molecule has 0 aliphatic carbocycles. The molecule has 1 aliphatic rings. The molecule has 1 nitrogen and oxygen atoms in total. The lowest BCUT2D eigenvalue weighted by atomic mass is 9.79. The van der Waals surface area contributed by atoms with Crippen LogP contribution in [0, 0.1) is 0 Å². The number of fused-ring (bicyclic) bond motifs is 1. The fourth-order valence-electron chi connectivity index (χ4n) is 4.00. The Hall–Kier alpha value is -3.45. The zero-order valence-electron chi connectivity index (χ0n) is 14.9. The Balaban J connectivity index is 1.87. The summed E-state index contributed by atoms with van der Waals surface area (Å²) in [7, 11) is 0. The molecule has 0 spiro atoms. The van der Waals surface area contributed by atoms with Gasteiger partial charge in [0.1, 0.15) is 0 Å². The molecule has 0 N–H and O–H groups in total. The Kier molecular flexibility index (Phi) is 3.72. The van der Waals surface area contributed by atoms with E-state index in [1.807, 2.05) is 18.2 Å². The molecule has 4 aromatic carbocycles. The summed E-state index contributed by atoms with van der Waals surface area (Å²) in [6.45, 7) is 0. The molecule has 0 unspecified atom stereocenters. The highest BCUT2D eigenvalue weighted by Gasteiger charge is 2.55. The topological polar surface area (TPSA) is 11.3 Å². The zero-order chi connectivity index (χ0) is 18.1. The molecule has 1 heterocycles. The van der Waals surface area contributed by atoms with Gasteiger partial charge in [-0.05, 0) is 48.5 Å². The van der Waals surface area contributed by atoms with Gasteiger partial charge in [0.05, 0.1) is 27.8 Å². The third kappa shape index (κ3) is 2.43. The molecular weight excluding hydrogens is 328 g/mol. The molecule has 27 heavy (non-hydrogen) atoms. The van der Waals surface area contributed by atoms with Crippen LogP contribution in [0.15, 0.2) is 115 Å². The van der Waals surface area contributed by atoms with Gasteiger partial charge in [-0.3, -0.25) is 0 Å². The quantitative estimate of drug-likeness (QED) is 0.418. The second-order valence-electron chi connectivity index (χ2n) is 6.76. The number of hydrogen-bond acceptors (Lipinski definition) is 0. The van der Waals surface area contributed by atoms with Gasteiger partial charge in [0.25, 0.3) is 0 Å². The number of carbonyl (C=O) groups excluding carboxylic acids is 1. The lowest BCUT2D eigenvalue weighted by Gasteiger charge is -2.19. The highest BCUT2D eigenvalue weighted by Crippen LogP contribution is 2.46. The Morgan fingerprint density at radius 3 is 1.56 bits per heavy atom. The van der Waals surface area contributed by atoms with Crippen molar-refractivity contribution >= 4 is 5.78 Å². The third-order valence-corrected chi connectivity index (χ3v) is 5.20. The van der Waals surface area contributed by atoms with E-state index in [2.05, 4.69) is 97.1 Å². The maximum atomic E-state index is 6.89. The largest absolute Gasteiger partial charge is 0.360 e. The van der Waals surface area contributed by atoms with E-state index in [-0.39, 0.29) is 0 Å². The van der Waals surface area contributed by atoms with Gasteiger partial charge in [0.2, 0.25) is 0 Å². The second kappa shape index (κ2) is 6.37. The minimum absolute atomic E-state index is 0.649. The Bertz CT molecular complexity index is 1060. The number of ketones is 1. The normalized spacial score (nSPS) is 14.4. The second-order valence-corrected chi connectivity index (χ2v) is 6.76. The fourth-order valence-corrected chi connectivity index (χ4v) is 4.00. The van der Waals surface area contributed by atoms with Crippen LogP contribution in [0.4, 0.5) is 0 Å². The van der Waals surface area contributed by atoms with Crippen LogP contribution in [-0.2, 0) is 5.60 Å². The SMILES string of the molecule is c1ccc(C2=[O+]C(c3ccccc3)(c3ccccc3)c3ccccc32)cc1. The van der Waals surface area contributed by atoms with Gasteiger partial charge in [-0.25, -0.2) is 4.42 Å². The minimum Gasteiger partial charge on any atom is -0.233 e. The number of benzene rings is 4. The van der Waals surface area contributed by atoms with Crippen LogP contribution < -0.4 is 0 Å². The smallest absolute Gasteiger partial charge is 0.233 e. The maximum Gasteiger partial charge on any atom is 0.360 e. The first-order valence-electron chi connectivity index (χ1n) is 9.22. The summed E-state index contributed by atoms with van der Waals surface area (Å²) in [5.41, 5.74) is 5.05. The molecular formula is C26H19O+. The minimum atomic E-state index is -0.649. The summed E-state index contributed by atoms with van der Waals surface area (Å²) < 4.78 is 6.89. The summed E-state index contributed by atoms with van der Waals surface area (Å²) in [5.74, 6) is 0.930. The summed E-state index contributed by atoms with van der Waals surface area (Å²) in [6.07, 6.45) is 0. The maximum absolute atomic E-state index is 6.89. The molecule has 1 aliphatic heterocycles. The van der Waals surface area contributed by atoms with Crippen molar-refractivity contribution in [2.24, 2.45) is 0 Å². The van der Waals surface area contributed by atoms with Crippen molar-refractivity contribution in [3.05, 3.63) is 143 Å². The average molecular weight is 347 g/mol. The van der Waals surface area contributed by atoms with Crippen LogP contribution in [0.25, 0.3) is 0 Å². The lowest BCUT2D eigenvalue weighted by Crippen LogP contribution is -2.25. The predicted octanol–water partition coefficient (Wildman–Crippen LogP) is 5.76. The van der Waals surface area contributed by atoms with Crippen molar-refractivity contribution in [2.45, 2.75) is 5.60 Å². The van der Waals surface area contributed by atoms with Gasteiger partial charge in [-0.15, -0.1) is 0 Å². The van der Waals surface area contributed by atoms with Gasteiger partial charge in [0, 0.05) is 0 Å². The number of hydrogen-bond donors (Lipinski definition) is 0. The monoisotopic (exact) mass is 347 g/mol. The summed E-state index contributed by atoms with van der Waals surface area (Å²) >= 11 is 0. The molecule has 0 bridgehead atoms. The molecule has 0 amide bonds. The molecule has 0 saturated carbocycles. The van der Waals surface area contributed by atoms with Crippen LogP contribution in [0.2, 0.25) is 0 Å². The molecule has 0 atom stereocenters. The van der Waals surface area contributed by atoms with Crippen molar-refractivity contribution in [3.63, 3.8) is 0 Å². The van der Waals surface area contributed by atoms with Crippen LogP contribution in [0.1, 0.15) is 32.2 Å². The van der Waals surface area contributed by atoms with E-state index in [1.165, 1.54) is 5.56 Å². The molecule has 0 radical (unpaired) electrons. The van der Waals surface area contributed by atoms with E-state index in [9.17, 15) is 0 Å². The summed E-state index contributed by atoms with van der Waals surface area (Å²) in [4.78, 5) is 0. The zero-order valence-corrected chi connectivity index (χ0v) is 14.9. The van der Waals surface area contributed by atoms with E-state index >= 15 is 0 Å². The van der Waals surface area contributed by atoms with Crippen molar-refractivity contribution in [1.29, 1.82) is 0 Å². The van der Waals surface area contributed by atoms with Gasteiger partial charge in [0.15, 0.2) is 0 Å². The van der Waals surface area contributed by atoms with E-state index in [1.54, 1.807) is 0 Å². The van der Waals surface area contributed by atoms with Crippen LogP contribution >= 0.6 is 0 Å². The summed E-state index contributed by atoms with van der Waals surface area (Å²) in [6, 6.07) is 39.9. The Labute approximate surface area is 159 Å². The highest BCUT2D eigenvalue weighted by atomic mass is 16.4. The Morgan fingerprint density at radius 1 is 0.481 bits per heavy atom. The van der Waals surface area contributed by atoms with Crippen LogP contribution in [0.5, 0.6) is 0 Å². The first kappa shape index (κ1) is 15.8. The first-order valence-corrected chi connectivity index (χ1v) is 9.22. The van der Waals surface area contributed by atoms with Gasteiger partial charge in [-0.2, -0.15) is 0 Å². The van der Waals surface area contributed by atoms with Gasteiger partial charge in [-0.1, -0.05) is 66.7 Å².